The number of rotatable bonds is 5. The fraction of sp³-hybridized carbons (Fsp3) is 0.386. The van der Waals surface area contributed by atoms with Crippen LogP contribution < -0.4 is 26.9 Å². The smallest absolute Gasteiger partial charge is 0.342 e. The highest BCUT2D eigenvalue weighted by atomic mass is 33.1. The van der Waals surface area contributed by atoms with E-state index in [1.807, 2.05) is 50.5 Å². The average molecular weight is 848 g/mol. The van der Waals surface area contributed by atoms with Crippen molar-refractivity contribution >= 4 is 56.4 Å². The molecule has 1 fully saturated rings. The van der Waals surface area contributed by atoms with E-state index in [1.54, 1.807) is 34.6 Å². The minimum atomic E-state index is -1.35. The molecule has 5 unspecified atom stereocenters. The Morgan fingerprint density at radius 3 is 2.80 bits per heavy atom. The van der Waals surface area contributed by atoms with Crippen molar-refractivity contribution in [2.45, 2.75) is 86.4 Å². The van der Waals surface area contributed by atoms with E-state index in [0.29, 0.717) is 78.9 Å². The standard InChI is InChI=1S/C44H45N7O7S2/c1-23-12-33(52)38-35(55-23)16-34-29(39(38)53)18-43-8-6-27(17-42(43,2)56-34)60-59-22-30-28(15-26(49-40(30)46)20-51-19-25-7-10-48-32(25)21-51)31-13-24(14-37(45)50-31)4-5-36-44(57-36,9-11-47-3)41(54)58-43/h6-8,10,12-16,21,27,36,47,53H,4-5,9,11,17-20,22H2,1-3H3,(H2,45,50)(H2,46,49). The molecule has 1 aliphatic carbocycles. The van der Waals surface area contributed by atoms with Crippen LogP contribution in [-0.4, -0.2) is 80.5 Å². The van der Waals surface area contributed by atoms with Crippen molar-refractivity contribution in [1.29, 1.82) is 0 Å². The number of esters is 1. The number of aliphatic imine (C=N–C) groups is 1. The molecule has 0 radical (unpaired) electrons. The van der Waals surface area contributed by atoms with Gasteiger partial charge in [0.05, 0.1) is 29.7 Å². The molecule has 1 aromatic carbocycles. The summed E-state index contributed by atoms with van der Waals surface area (Å²) in [5, 5.41) is 14.8. The van der Waals surface area contributed by atoms with Crippen LogP contribution in [0.5, 0.6) is 11.5 Å². The van der Waals surface area contributed by atoms with Gasteiger partial charge in [-0.1, -0.05) is 27.7 Å². The van der Waals surface area contributed by atoms with Gasteiger partial charge < -0.3 is 45.4 Å². The van der Waals surface area contributed by atoms with Gasteiger partial charge in [-0.15, -0.1) is 0 Å². The SMILES string of the molecule is CNCCC12OC1CCc1cc(N)nc(c1)-c1cc(CN3C=C4N=CC=C4C3)nc(N)c1CSSC1C=CC3(Cc4c(cc5oc(C)cc(=O)c5c4O)OC3(C)C1)OC2=O. The lowest BCUT2D eigenvalue weighted by Crippen LogP contribution is -2.64. The topological polar surface area (TPSA) is 204 Å². The van der Waals surface area contributed by atoms with Crippen molar-refractivity contribution < 1.29 is 28.5 Å². The Bertz CT molecular complexity index is 2680. The van der Waals surface area contributed by atoms with E-state index < -0.39 is 28.9 Å². The number of aryl methyl sites for hydroxylation is 2. The Hall–Kier alpha value is -5.29. The summed E-state index contributed by atoms with van der Waals surface area (Å²) in [6.07, 6.45) is 11.4. The Morgan fingerprint density at radius 2 is 1.97 bits per heavy atom. The van der Waals surface area contributed by atoms with Gasteiger partial charge in [-0.25, -0.2) is 14.8 Å². The highest BCUT2D eigenvalue weighted by Crippen LogP contribution is 2.55. The van der Waals surface area contributed by atoms with Crippen molar-refractivity contribution in [3.63, 3.8) is 0 Å². The minimum absolute atomic E-state index is 0.0549. The molecule has 4 bridgehead atoms. The quantitative estimate of drug-likeness (QED) is 0.0827. The second-order valence-corrected chi connectivity index (χ2v) is 19.2. The van der Waals surface area contributed by atoms with Gasteiger partial charge in [-0.2, -0.15) is 0 Å². The van der Waals surface area contributed by atoms with E-state index in [1.165, 1.54) is 11.6 Å². The molecule has 11 rings (SSSR count). The summed E-state index contributed by atoms with van der Waals surface area (Å²) in [5.41, 5.74) is 16.2. The molecule has 14 nitrogen and oxygen atoms in total. The van der Waals surface area contributed by atoms with Crippen molar-refractivity contribution in [3.05, 3.63) is 104 Å². The van der Waals surface area contributed by atoms with E-state index >= 15 is 0 Å². The third-order valence-corrected chi connectivity index (χ3v) is 15.2. The number of carbonyl (C=O) groups is 1. The number of nitrogens with one attached hydrogen (secondary N) is 1. The molecule has 60 heavy (non-hydrogen) atoms. The van der Waals surface area contributed by atoms with Crippen LogP contribution in [0, 0.1) is 6.92 Å². The first-order chi connectivity index (χ1) is 28.9. The summed E-state index contributed by atoms with van der Waals surface area (Å²) in [4.78, 5) is 44.2. The zero-order chi connectivity index (χ0) is 41.6. The van der Waals surface area contributed by atoms with Crippen molar-refractivity contribution in [2.24, 2.45) is 4.99 Å². The van der Waals surface area contributed by atoms with E-state index in [2.05, 4.69) is 27.5 Å². The lowest BCUT2D eigenvalue weighted by atomic mass is 9.70. The number of hydrogen-bond acceptors (Lipinski definition) is 16. The minimum Gasteiger partial charge on any atom is -0.507 e. The first-order valence-corrected chi connectivity index (χ1v) is 22.5. The van der Waals surface area contributed by atoms with Gasteiger partial charge in [-0.05, 0) is 76.2 Å². The molecular formula is C44H45N7O7S2. The average Bonchev–Trinajstić information content (AvgIpc) is 3.52. The van der Waals surface area contributed by atoms with Gasteiger partial charge in [0, 0.05) is 83.6 Å². The number of aromatic nitrogens is 2. The predicted octanol–water partition coefficient (Wildman–Crippen LogP) is 5.68. The number of nitrogens with zero attached hydrogens (tertiary/aromatic N) is 4. The summed E-state index contributed by atoms with van der Waals surface area (Å²) >= 11 is 0. The van der Waals surface area contributed by atoms with Crippen molar-refractivity contribution in [1.82, 2.24) is 20.2 Å². The number of pyridine rings is 2. The van der Waals surface area contributed by atoms with Gasteiger partial charge in [0.2, 0.25) is 0 Å². The Morgan fingerprint density at radius 1 is 1.10 bits per heavy atom. The number of aromatic hydroxyl groups is 1. The largest absolute Gasteiger partial charge is 0.507 e. The lowest BCUT2D eigenvalue weighted by Gasteiger charge is -2.52. The van der Waals surface area contributed by atoms with Crippen molar-refractivity contribution in [3.8, 4) is 22.8 Å². The van der Waals surface area contributed by atoms with E-state index in [9.17, 15) is 14.7 Å². The monoisotopic (exact) mass is 847 g/mol. The lowest BCUT2D eigenvalue weighted by molar-refractivity contribution is -0.187. The number of phenolic OH excluding ortho intramolecular Hbond substituents is 1. The Balaban J connectivity index is 1.04. The van der Waals surface area contributed by atoms with Crippen LogP contribution in [0.1, 0.15) is 54.3 Å². The maximum atomic E-state index is 14.7. The van der Waals surface area contributed by atoms with E-state index in [0.717, 1.165) is 34.6 Å². The summed E-state index contributed by atoms with van der Waals surface area (Å²) in [7, 11) is 5.13. The van der Waals surface area contributed by atoms with Gasteiger partial charge in [0.1, 0.15) is 39.9 Å². The van der Waals surface area contributed by atoms with E-state index in [4.69, 9.17) is 40.1 Å². The van der Waals surface area contributed by atoms with Crippen LogP contribution >= 0.6 is 21.6 Å². The zero-order valence-electron chi connectivity index (χ0n) is 33.4. The van der Waals surface area contributed by atoms with Gasteiger partial charge >= 0.3 is 5.97 Å². The van der Waals surface area contributed by atoms with Crippen LogP contribution in [0.2, 0.25) is 0 Å². The maximum Gasteiger partial charge on any atom is 0.342 e. The molecule has 3 aromatic heterocycles. The molecule has 9 heterocycles. The number of fused-ring (bicyclic) bond motifs is 7. The Kier molecular flexibility index (Phi) is 9.35. The van der Waals surface area contributed by atoms with Crippen LogP contribution in [0.15, 0.2) is 80.2 Å². The molecule has 6 N–H and O–H groups in total. The third kappa shape index (κ3) is 6.55. The van der Waals surface area contributed by atoms with Gasteiger partial charge in [-0.3, -0.25) is 9.79 Å². The van der Waals surface area contributed by atoms with Gasteiger partial charge in [0.25, 0.3) is 0 Å². The molecule has 310 valence electrons. The normalized spacial score (nSPS) is 27.7. The second kappa shape index (κ2) is 14.4. The molecule has 7 aliphatic rings. The summed E-state index contributed by atoms with van der Waals surface area (Å²) < 4.78 is 25.9. The predicted molar refractivity (Wildman–Crippen MR) is 233 cm³/mol. The highest BCUT2D eigenvalue weighted by Gasteiger charge is 2.66. The number of benzene rings is 1. The van der Waals surface area contributed by atoms with Crippen molar-refractivity contribution in [2.75, 3.05) is 31.6 Å². The molecule has 0 amide bonds. The number of carbonyl (C=O) groups excluding carboxylic acids is 1. The molecule has 6 aliphatic heterocycles. The second-order valence-electron chi connectivity index (χ2n) is 16.6. The first-order valence-electron chi connectivity index (χ1n) is 20.1. The number of anilines is 2. The maximum absolute atomic E-state index is 14.7. The number of ether oxygens (including phenoxy) is 3. The highest BCUT2D eigenvalue weighted by molar-refractivity contribution is 8.76. The number of allylic oxidation sites excluding steroid dienone is 1. The fourth-order valence-corrected chi connectivity index (χ4v) is 12.0. The van der Waals surface area contributed by atoms with Crippen LogP contribution in [-0.2, 0) is 39.4 Å². The summed E-state index contributed by atoms with van der Waals surface area (Å²) in [6.45, 7) is 5.43. The van der Waals surface area contributed by atoms with E-state index in [-0.39, 0.29) is 33.8 Å². The number of phenols is 1. The molecule has 1 spiro atoms. The molecule has 16 heteroatoms. The Labute approximate surface area is 353 Å². The molecule has 5 atom stereocenters. The zero-order valence-corrected chi connectivity index (χ0v) is 35.1. The summed E-state index contributed by atoms with van der Waals surface area (Å²) in [5.74, 6) is 1.37. The molecule has 4 aromatic rings. The molecule has 0 saturated carbocycles. The third-order valence-electron chi connectivity index (χ3n) is 12.5. The number of epoxide rings is 1. The number of hydrogen-bond donors (Lipinski definition) is 4. The fourth-order valence-electron chi connectivity index (χ4n) is 9.32. The molecular weight excluding hydrogens is 803 g/mol. The summed E-state index contributed by atoms with van der Waals surface area (Å²) in [6, 6.07) is 8.98. The number of nitrogens with two attached hydrogens (primary N) is 2. The number of nitrogen functional groups attached to an aromatic ring is 2. The molecule has 1 saturated heterocycles. The van der Waals surface area contributed by atoms with Crippen LogP contribution in [0.25, 0.3) is 22.2 Å². The van der Waals surface area contributed by atoms with Crippen LogP contribution in [0.4, 0.5) is 11.6 Å². The van der Waals surface area contributed by atoms with Crippen LogP contribution in [0.3, 0.4) is 0 Å². The van der Waals surface area contributed by atoms with Gasteiger partial charge in [0.15, 0.2) is 22.2 Å². The first kappa shape index (κ1) is 38.9.